The Hall–Kier alpha value is -0.970. The lowest BCUT2D eigenvalue weighted by Crippen LogP contribution is -2.22. The average molecular weight is 293 g/mol. The molecule has 0 atom stereocenters. The molecule has 0 spiro atoms. The van der Waals surface area contributed by atoms with E-state index in [0.717, 1.165) is 5.56 Å². The Labute approximate surface area is 101 Å². The van der Waals surface area contributed by atoms with Crippen LogP contribution >= 0.6 is 15.9 Å². The summed E-state index contributed by atoms with van der Waals surface area (Å²) in [6.07, 6.45) is -1.32. The van der Waals surface area contributed by atoms with Gasteiger partial charge in [-0.3, -0.25) is 0 Å². The molecule has 0 saturated heterocycles. The number of esters is 1. The molecular weight excluding hydrogens is 282 g/mol. The van der Waals surface area contributed by atoms with E-state index in [1.165, 1.54) is 6.07 Å². The van der Waals surface area contributed by atoms with Crippen LogP contribution in [0.5, 0.6) is 0 Å². The molecule has 0 aliphatic carbocycles. The molecule has 0 fully saturated rings. The van der Waals surface area contributed by atoms with Gasteiger partial charge in [-0.05, 0) is 34.5 Å². The molecule has 0 unspecified atom stereocenters. The first kappa shape index (κ1) is 13.1. The van der Waals surface area contributed by atoms with E-state index in [1.807, 2.05) is 13.0 Å². The fourth-order valence-electron chi connectivity index (χ4n) is 1.12. The van der Waals surface area contributed by atoms with Gasteiger partial charge in [-0.1, -0.05) is 12.1 Å². The Morgan fingerprint density at radius 3 is 2.62 bits per heavy atom. The predicted octanol–water partition coefficient (Wildman–Crippen LogP) is 3.22. The summed E-state index contributed by atoms with van der Waals surface area (Å²) >= 11 is 3.23. The van der Waals surface area contributed by atoms with Crippen LogP contribution in [0.1, 0.15) is 15.9 Å². The lowest BCUT2D eigenvalue weighted by molar-refractivity contribution is 0.0171. The molecule has 0 radical (unpaired) electrons. The second kappa shape index (κ2) is 5.94. The molecular formula is C11H11BrF2O2. The van der Waals surface area contributed by atoms with Crippen molar-refractivity contribution in [3.63, 3.8) is 0 Å². The SMILES string of the molecule is Cc1cccc(C(=O)OC(CF)CF)c1Br. The van der Waals surface area contributed by atoms with Crippen LogP contribution < -0.4 is 0 Å². The summed E-state index contributed by atoms with van der Waals surface area (Å²) in [4.78, 5) is 11.6. The largest absolute Gasteiger partial charge is 0.453 e. The van der Waals surface area contributed by atoms with E-state index in [9.17, 15) is 13.6 Å². The van der Waals surface area contributed by atoms with Crippen molar-refractivity contribution in [2.45, 2.75) is 13.0 Å². The zero-order valence-corrected chi connectivity index (χ0v) is 10.3. The van der Waals surface area contributed by atoms with E-state index >= 15 is 0 Å². The topological polar surface area (TPSA) is 26.3 Å². The monoisotopic (exact) mass is 292 g/mol. The zero-order chi connectivity index (χ0) is 12.1. The molecule has 0 N–H and O–H groups in total. The van der Waals surface area contributed by atoms with Crippen molar-refractivity contribution in [2.24, 2.45) is 0 Å². The van der Waals surface area contributed by atoms with Crippen LogP contribution in [0, 0.1) is 6.92 Å². The number of halogens is 3. The highest BCUT2D eigenvalue weighted by Gasteiger charge is 2.18. The molecule has 1 rings (SSSR count). The van der Waals surface area contributed by atoms with E-state index in [2.05, 4.69) is 20.7 Å². The number of aryl methyl sites for hydroxylation is 1. The Morgan fingerprint density at radius 1 is 1.44 bits per heavy atom. The minimum Gasteiger partial charge on any atom is -0.453 e. The Morgan fingerprint density at radius 2 is 2.06 bits per heavy atom. The summed E-state index contributed by atoms with van der Waals surface area (Å²) in [5, 5.41) is 0. The molecule has 0 amide bonds. The number of ether oxygens (including phenoxy) is 1. The number of carbonyl (C=O) groups excluding carboxylic acids is 1. The third kappa shape index (κ3) is 3.01. The molecule has 5 heteroatoms. The number of hydrogen-bond acceptors (Lipinski definition) is 2. The first-order valence-corrected chi connectivity index (χ1v) is 5.47. The van der Waals surface area contributed by atoms with Gasteiger partial charge in [0, 0.05) is 4.47 Å². The summed E-state index contributed by atoms with van der Waals surface area (Å²) in [5.74, 6) is -0.726. The maximum Gasteiger partial charge on any atom is 0.339 e. The van der Waals surface area contributed by atoms with E-state index in [0.29, 0.717) is 4.47 Å². The number of hydrogen-bond donors (Lipinski definition) is 0. The summed E-state index contributed by atoms with van der Waals surface area (Å²) in [7, 11) is 0. The standard InChI is InChI=1S/C11H11BrF2O2/c1-7-3-2-4-9(10(7)12)11(15)16-8(5-13)6-14/h2-4,8H,5-6H2,1H3. The highest BCUT2D eigenvalue weighted by atomic mass is 79.9. The highest BCUT2D eigenvalue weighted by molar-refractivity contribution is 9.10. The molecule has 0 aliphatic heterocycles. The molecule has 2 nitrogen and oxygen atoms in total. The maximum atomic E-state index is 12.2. The molecule has 16 heavy (non-hydrogen) atoms. The number of benzene rings is 1. The molecule has 0 aromatic heterocycles. The van der Waals surface area contributed by atoms with Gasteiger partial charge in [0.1, 0.15) is 13.3 Å². The van der Waals surface area contributed by atoms with Gasteiger partial charge in [-0.25, -0.2) is 13.6 Å². The Balaban J connectivity index is 2.84. The van der Waals surface area contributed by atoms with Gasteiger partial charge in [0.25, 0.3) is 0 Å². The zero-order valence-electron chi connectivity index (χ0n) is 8.67. The van der Waals surface area contributed by atoms with Gasteiger partial charge >= 0.3 is 5.97 Å². The van der Waals surface area contributed by atoms with E-state index in [4.69, 9.17) is 0 Å². The Bertz CT molecular complexity index is 378. The molecule has 1 aromatic carbocycles. The minimum absolute atomic E-state index is 0.270. The van der Waals surface area contributed by atoms with Crippen LogP contribution in [-0.4, -0.2) is 25.4 Å². The van der Waals surface area contributed by atoms with Gasteiger partial charge in [0.15, 0.2) is 6.10 Å². The van der Waals surface area contributed by atoms with Crippen molar-refractivity contribution >= 4 is 21.9 Å². The second-order valence-electron chi connectivity index (χ2n) is 3.27. The average Bonchev–Trinajstić information content (AvgIpc) is 2.29. The third-order valence-corrected chi connectivity index (χ3v) is 3.08. The summed E-state index contributed by atoms with van der Waals surface area (Å²) in [6.45, 7) is -0.236. The molecule has 88 valence electrons. The smallest absolute Gasteiger partial charge is 0.339 e. The van der Waals surface area contributed by atoms with Crippen molar-refractivity contribution in [2.75, 3.05) is 13.3 Å². The Kier molecular flexibility index (Phi) is 4.86. The number of rotatable bonds is 4. The lowest BCUT2D eigenvalue weighted by atomic mass is 10.1. The van der Waals surface area contributed by atoms with Gasteiger partial charge in [-0.15, -0.1) is 0 Å². The van der Waals surface area contributed by atoms with Crippen LogP contribution in [0.2, 0.25) is 0 Å². The van der Waals surface area contributed by atoms with Crippen molar-refractivity contribution in [3.05, 3.63) is 33.8 Å². The highest BCUT2D eigenvalue weighted by Crippen LogP contribution is 2.22. The van der Waals surface area contributed by atoms with Crippen LogP contribution in [0.3, 0.4) is 0 Å². The summed E-state index contributed by atoms with van der Waals surface area (Å²) < 4.78 is 29.6. The fraction of sp³-hybridized carbons (Fsp3) is 0.364. The van der Waals surface area contributed by atoms with Crippen LogP contribution in [0.25, 0.3) is 0 Å². The van der Waals surface area contributed by atoms with Crippen LogP contribution in [0.15, 0.2) is 22.7 Å². The molecule has 0 saturated carbocycles. The van der Waals surface area contributed by atoms with Gasteiger partial charge in [0.2, 0.25) is 0 Å². The fourth-order valence-corrected chi connectivity index (χ4v) is 1.55. The molecule has 0 bridgehead atoms. The van der Waals surface area contributed by atoms with E-state index in [-0.39, 0.29) is 5.56 Å². The van der Waals surface area contributed by atoms with Crippen molar-refractivity contribution in [1.82, 2.24) is 0 Å². The second-order valence-corrected chi connectivity index (χ2v) is 4.07. The first-order valence-electron chi connectivity index (χ1n) is 4.68. The summed E-state index contributed by atoms with van der Waals surface area (Å²) in [6, 6.07) is 5.02. The van der Waals surface area contributed by atoms with Crippen molar-refractivity contribution in [3.8, 4) is 0 Å². The lowest BCUT2D eigenvalue weighted by Gasteiger charge is -2.12. The van der Waals surface area contributed by atoms with Crippen molar-refractivity contribution < 1.29 is 18.3 Å². The van der Waals surface area contributed by atoms with Crippen LogP contribution in [-0.2, 0) is 4.74 Å². The quantitative estimate of drug-likeness (QED) is 0.797. The normalized spacial score (nSPS) is 10.6. The molecule has 0 aliphatic rings. The van der Waals surface area contributed by atoms with Crippen molar-refractivity contribution in [1.29, 1.82) is 0 Å². The van der Waals surface area contributed by atoms with E-state index in [1.54, 1.807) is 6.07 Å². The van der Waals surface area contributed by atoms with E-state index < -0.39 is 25.4 Å². The molecule has 1 aromatic rings. The third-order valence-electron chi connectivity index (χ3n) is 2.03. The predicted molar refractivity (Wildman–Crippen MR) is 60.0 cm³/mol. The minimum atomic E-state index is -1.32. The number of carbonyl (C=O) groups is 1. The van der Waals surface area contributed by atoms with Gasteiger partial charge in [-0.2, -0.15) is 0 Å². The maximum absolute atomic E-state index is 12.2. The van der Waals surface area contributed by atoms with Gasteiger partial charge < -0.3 is 4.74 Å². The first-order chi connectivity index (χ1) is 7.60. The van der Waals surface area contributed by atoms with Gasteiger partial charge in [0.05, 0.1) is 5.56 Å². The number of alkyl halides is 2. The molecule has 0 heterocycles. The summed E-state index contributed by atoms with van der Waals surface area (Å²) in [5.41, 5.74) is 1.12. The van der Waals surface area contributed by atoms with Crippen LogP contribution in [0.4, 0.5) is 8.78 Å².